The third kappa shape index (κ3) is 2.42. The molecular formula is C13H18N2O2. The van der Waals surface area contributed by atoms with Crippen LogP contribution in [-0.4, -0.2) is 37.6 Å². The summed E-state index contributed by atoms with van der Waals surface area (Å²) in [5.41, 5.74) is 7.89. The van der Waals surface area contributed by atoms with E-state index in [1.54, 1.807) is 7.11 Å². The van der Waals surface area contributed by atoms with E-state index in [0.717, 1.165) is 24.3 Å². The zero-order chi connectivity index (χ0) is 12.4. The number of nitrogens with zero attached hydrogens (tertiary/aromatic N) is 1. The summed E-state index contributed by atoms with van der Waals surface area (Å²) in [6.07, 6.45) is 1.61. The fourth-order valence-electron chi connectivity index (χ4n) is 2.30. The molecule has 0 aliphatic carbocycles. The van der Waals surface area contributed by atoms with Crippen molar-refractivity contribution in [3.8, 4) is 5.75 Å². The van der Waals surface area contributed by atoms with Crippen molar-refractivity contribution >= 4 is 5.91 Å². The Kier molecular flexibility index (Phi) is 3.33. The molecule has 0 aromatic heterocycles. The molecular weight excluding hydrogens is 216 g/mol. The van der Waals surface area contributed by atoms with Crippen LogP contribution in [0.4, 0.5) is 0 Å². The largest absolute Gasteiger partial charge is 0.497 e. The lowest BCUT2D eigenvalue weighted by molar-refractivity contribution is -0.122. The van der Waals surface area contributed by atoms with Crippen LogP contribution in [0, 0.1) is 0 Å². The molecule has 1 aromatic carbocycles. The predicted molar refractivity (Wildman–Crippen MR) is 66.0 cm³/mol. The van der Waals surface area contributed by atoms with Gasteiger partial charge in [0.2, 0.25) is 5.91 Å². The van der Waals surface area contributed by atoms with Gasteiger partial charge in [0.15, 0.2) is 0 Å². The Balaban J connectivity index is 2.34. The van der Waals surface area contributed by atoms with Gasteiger partial charge < -0.3 is 10.5 Å². The average Bonchev–Trinajstić information content (AvgIpc) is 2.48. The second kappa shape index (κ2) is 4.75. The molecule has 1 unspecified atom stereocenters. The van der Waals surface area contributed by atoms with Gasteiger partial charge in [0, 0.05) is 6.54 Å². The quantitative estimate of drug-likeness (QED) is 0.814. The number of carbonyl (C=O) groups excluding carboxylic acids is 1. The second-order valence-electron chi connectivity index (χ2n) is 4.49. The number of fused-ring (bicyclic) bond motifs is 1. The van der Waals surface area contributed by atoms with E-state index in [1.807, 2.05) is 24.1 Å². The summed E-state index contributed by atoms with van der Waals surface area (Å²) in [7, 11) is 3.59. The van der Waals surface area contributed by atoms with Gasteiger partial charge in [-0.15, -0.1) is 0 Å². The van der Waals surface area contributed by atoms with Crippen LogP contribution in [0.5, 0.6) is 5.75 Å². The van der Waals surface area contributed by atoms with Gasteiger partial charge in [0.25, 0.3) is 0 Å². The lowest BCUT2D eigenvalue weighted by Crippen LogP contribution is -2.43. The highest BCUT2D eigenvalue weighted by molar-refractivity contribution is 5.80. The summed E-state index contributed by atoms with van der Waals surface area (Å²) < 4.78 is 5.21. The number of nitrogens with two attached hydrogens (primary N) is 1. The van der Waals surface area contributed by atoms with Crippen LogP contribution in [0.2, 0.25) is 0 Å². The number of carbonyl (C=O) groups is 1. The van der Waals surface area contributed by atoms with Crippen LogP contribution in [0.1, 0.15) is 11.1 Å². The van der Waals surface area contributed by atoms with Gasteiger partial charge in [-0.2, -0.15) is 0 Å². The van der Waals surface area contributed by atoms with Crippen molar-refractivity contribution in [2.45, 2.75) is 18.9 Å². The maximum absolute atomic E-state index is 11.4. The molecule has 1 heterocycles. The normalized spacial score (nSPS) is 20.5. The molecule has 1 atom stereocenters. The summed E-state index contributed by atoms with van der Waals surface area (Å²) in [6.45, 7) is 0.854. The van der Waals surface area contributed by atoms with Gasteiger partial charge in [-0.25, -0.2) is 0 Å². The number of ether oxygens (including phenoxy) is 1. The Morgan fingerprint density at radius 1 is 1.47 bits per heavy atom. The third-order valence-corrected chi connectivity index (χ3v) is 3.42. The number of hydrogen-bond donors (Lipinski definition) is 1. The molecule has 0 spiro atoms. The van der Waals surface area contributed by atoms with Crippen molar-refractivity contribution in [3.63, 3.8) is 0 Å². The molecule has 2 rings (SSSR count). The highest BCUT2D eigenvalue weighted by atomic mass is 16.5. The van der Waals surface area contributed by atoms with E-state index in [0.29, 0.717) is 6.42 Å². The molecule has 4 heteroatoms. The van der Waals surface area contributed by atoms with Crippen LogP contribution >= 0.6 is 0 Å². The molecule has 17 heavy (non-hydrogen) atoms. The molecule has 4 nitrogen and oxygen atoms in total. The van der Waals surface area contributed by atoms with Crippen LogP contribution in [0.15, 0.2) is 18.2 Å². The van der Waals surface area contributed by atoms with Crippen molar-refractivity contribution < 1.29 is 9.53 Å². The maximum Gasteiger partial charge on any atom is 0.235 e. The number of likely N-dealkylation sites (N-methyl/N-ethyl adjacent to an activating group) is 1. The summed E-state index contributed by atoms with van der Waals surface area (Å²) in [6, 6.07) is 5.82. The Morgan fingerprint density at radius 2 is 2.24 bits per heavy atom. The van der Waals surface area contributed by atoms with E-state index in [4.69, 9.17) is 10.5 Å². The van der Waals surface area contributed by atoms with E-state index in [1.165, 1.54) is 5.56 Å². The van der Waals surface area contributed by atoms with Crippen LogP contribution in [0.3, 0.4) is 0 Å². The first-order valence-electron chi connectivity index (χ1n) is 5.77. The van der Waals surface area contributed by atoms with Crippen LogP contribution in [0.25, 0.3) is 0 Å². The van der Waals surface area contributed by atoms with Crippen molar-refractivity contribution in [1.82, 2.24) is 4.90 Å². The number of primary amides is 1. The van der Waals surface area contributed by atoms with Crippen molar-refractivity contribution in [2.24, 2.45) is 5.73 Å². The molecule has 1 aliphatic rings. The predicted octanol–water partition coefficient (Wildman–Crippen LogP) is 0.579. The Labute approximate surface area is 101 Å². The average molecular weight is 234 g/mol. The summed E-state index contributed by atoms with van der Waals surface area (Å²) in [5, 5.41) is 0. The topological polar surface area (TPSA) is 55.6 Å². The van der Waals surface area contributed by atoms with Crippen LogP contribution in [-0.2, 0) is 17.6 Å². The highest BCUT2D eigenvalue weighted by Crippen LogP contribution is 2.23. The summed E-state index contributed by atoms with van der Waals surface area (Å²) >= 11 is 0. The number of benzene rings is 1. The summed E-state index contributed by atoms with van der Waals surface area (Å²) in [5.74, 6) is 0.569. The second-order valence-corrected chi connectivity index (χ2v) is 4.49. The Bertz CT molecular complexity index is 431. The van der Waals surface area contributed by atoms with Crippen molar-refractivity contribution in [1.29, 1.82) is 0 Å². The van der Waals surface area contributed by atoms with Gasteiger partial charge in [0.1, 0.15) is 5.75 Å². The van der Waals surface area contributed by atoms with Gasteiger partial charge in [-0.05, 0) is 43.1 Å². The molecule has 1 amide bonds. The minimum absolute atomic E-state index is 0.219. The first-order chi connectivity index (χ1) is 8.11. The molecule has 0 radical (unpaired) electrons. The smallest absolute Gasteiger partial charge is 0.235 e. The fraction of sp³-hybridized carbons (Fsp3) is 0.462. The van der Waals surface area contributed by atoms with E-state index in [9.17, 15) is 4.79 Å². The van der Waals surface area contributed by atoms with Gasteiger partial charge >= 0.3 is 0 Å². The minimum Gasteiger partial charge on any atom is -0.497 e. The molecule has 1 aliphatic heterocycles. The van der Waals surface area contributed by atoms with E-state index < -0.39 is 0 Å². The number of rotatable bonds is 2. The zero-order valence-corrected chi connectivity index (χ0v) is 10.3. The maximum atomic E-state index is 11.4. The molecule has 0 saturated carbocycles. The Hall–Kier alpha value is -1.55. The zero-order valence-electron chi connectivity index (χ0n) is 10.3. The van der Waals surface area contributed by atoms with E-state index in [-0.39, 0.29) is 11.9 Å². The monoisotopic (exact) mass is 234 g/mol. The van der Waals surface area contributed by atoms with Crippen molar-refractivity contribution in [3.05, 3.63) is 29.3 Å². The molecule has 0 bridgehead atoms. The number of hydrogen-bond acceptors (Lipinski definition) is 3. The first kappa shape index (κ1) is 11.9. The van der Waals surface area contributed by atoms with Gasteiger partial charge in [0.05, 0.1) is 13.2 Å². The van der Waals surface area contributed by atoms with Crippen molar-refractivity contribution in [2.75, 3.05) is 20.7 Å². The Morgan fingerprint density at radius 3 is 2.88 bits per heavy atom. The number of methoxy groups -OCH3 is 1. The van der Waals surface area contributed by atoms with E-state index >= 15 is 0 Å². The highest BCUT2D eigenvalue weighted by Gasteiger charge is 2.25. The van der Waals surface area contributed by atoms with Gasteiger partial charge in [-0.3, -0.25) is 9.69 Å². The first-order valence-corrected chi connectivity index (χ1v) is 5.77. The molecule has 1 aromatic rings. The third-order valence-electron chi connectivity index (χ3n) is 3.42. The van der Waals surface area contributed by atoms with Gasteiger partial charge in [-0.1, -0.05) is 6.07 Å². The van der Waals surface area contributed by atoms with Crippen LogP contribution < -0.4 is 10.5 Å². The number of amides is 1. The summed E-state index contributed by atoms with van der Waals surface area (Å²) in [4.78, 5) is 13.5. The fourth-order valence-corrected chi connectivity index (χ4v) is 2.30. The molecule has 92 valence electrons. The lowest BCUT2D eigenvalue weighted by atomic mass is 10.00. The lowest BCUT2D eigenvalue weighted by Gasteiger charge is -2.22. The minimum atomic E-state index is -0.261. The SMILES string of the molecule is COc1ccc2c(c1)CC(C(N)=O)N(C)CC2. The van der Waals surface area contributed by atoms with E-state index in [2.05, 4.69) is 6.07 Å². The molecule has 0 fully saturated rings. The standard InChI is InChI=1S/C13H18N2O2/c1-15-6-5-9-3-4-11(17-2)7-10(9)8-12(15)13(14)16/h3-4,7,12H,5-6,8H2,1-2H3,(H2,14,16). The molecule has 2 N–H and O–H groups in total. The molecule has 0 saturated heterocycles.